The molecule has 0 aliphatic rings. The molecule has 0 spiro atoms. The summed E-state index contributed by atoms with van der Waals surface area (Å²) in [5, 5.41) is 7.08. The van der Waals surface area contributed by atoms with Crippen LogP contribution in [0, 0.1) is 0 Å². The van der Waals surface area contributed by atoms with Gasteiger partial charge in [-0.1, -0.05) is 23.4 Å². The van der Waals surface area contributed by atoms with E-state index < -0.39 is 0 Å². The van der Waals surface area contributed by atoms with Gasteiger partial charge in [0.1, 0.15) is 12.0 Å². The van der Waals surface area contributed by atoms with Crippen LogP contribution in [0.15, 0.2) is 47.2 Å². The maximum Gasteiger partial charge on any atom is 0.124 e. The molecule has 0 atom stereocenters. The Balaban J connectivity index is 1.52. The average Bonchev–Trinajstić information content (AvgIpc) is 2.88. The molecule has 0 saturated heterocycles. The summed E-state index contributed by atoms with van der Waals surface area (Å²) >= 11 is 0. The molecule has 0 saturated carbocycles. The van der Waals surface area contributed by atoms with Crippen LogP contribution in [0.1, 0.15) is 12.1 Å². The van der Waals surface area contributed by atoms with Crippen LogP contribution in [0.5, 0.6) is 5.75 Å². The summed E-state index contributed by atoms with van der Waals surface area (Å²) in [4.78, 5) is 0. The number of aromatic nitrogens is 1. The first kappa shape index (κ1) is 11.7. The molecule has 0 amide bonds. The predicted molar refractivity (Wildman–Crippen MR) is 64.8 cm³/mol. The fourth-order valence-electron chi connectivity index (χ4n) is 1.45. The van der Waals surface area contributed by atoms with Crippen LogP contribution >= 0.6 is 0 Å². The largest absolute Gasteiger partial charge is 0.494 e. The first-order chi connectivity index (χ1) is 8.45. The van der Waals surface area contributed by atoms with E-state index in [1.54, 1.807) is 6.26 Å². The number of ether oxygens (including phenoxy) is 1. The number of benzene rings is 1. The second-order valence-corrected chi connectivity index (χ2v) is 3.68. The number of hydrogen-bond acceptors (Lipinski definition) is 4. The highest BCUT2D eigenvalue weighted by molar-refractivity contribution is 5.20. The van der Waals surface area contributed by atoms with Crippen LogP contribution in [-0.2, 0) is 6.54 Å². The van der Waals surface area contributed by atoms with Gasteiger partial charge in [-0.15, -0.1) is 0 Å². The van der Waals surface area contributed by atoms with Gasteiger partial charge in [0.15, 0.2) is 0 Å². The van der Waals surface area contributed by atoms with Crippen molar-refractivity contribution in [1.29, 1.82) is 0 Å². The third-order valence-electron chi connectivity index (χ3n) is 2.31. The number of nitrogens with zero attached hydrogens (tertiary/aromatic N) is 1. The summed E-state index contributed by atoms with van der Waals surface area (Å²) in [7, 11) is 0. The van der Waals surface area contributed by atoms with Gasteiger partial charge in [0.05, 0.1) is 12.3 Å². The number of nitrogens with one attached hydrogen (secondary N) is 1. The van der Waals surface area contributed by atoms with Crippen molar-refractivity contribution < 1.29 is 9.26 Å². The van der Waals surface area contributed by atoms with Crippen molar-refractivity contribution in [2.45, 2.75) is 13.0 Å². The lowest BCUT2D eigenvalue weighted by Gasteiger charge is -2.06. The minimum Gasteiger partial charge on any atom is -0.494 e. The molecule has 1 aromatic heterocycles. The molecular formula is C13H16N2O2. The number of rotatable bonds is 7. The number of para-hydroxylation sites is 1. The zero-order chi connectivity index (χ0) is 11.8. The molecule has 2 rings (SSSR count). The molecule has 1 heterocycles. The SMILES string of the molecule is c1ccc(OCCCNCc2ccon2)cc1. The van der Waals surface area contributed by atoms with Gasteiger partial charge < -0.3 is 14.6 Å². The topological polar surface area (TPSA) is 47.3 Å². The fourth-order valence-corrected chi connectivity index (χ4v) is 1.45. The van der Waals surface area contributed by atoms with Gasteiger partial charge in [-0.25, -0.2) is 0 Å². The van der Waals surface area contributed by atoms with Gasteiger partial charge in [0.25, 0.3) is 0 Å². The number of hydrogen-bond donors (Lipinski definition) is 1. The van der Waals surface area contributed by atoms with Gasteiger partial charge in [0.2, 0.25) is 0 Å². The lowest BCUT2D eigenvalue weighted by Crippen LogP contribution is -2.17. The van der Waals surface area contributed by atoms with Crippen molar-refractivity contribution in [1.82, 2.24) is 10.5 Å². The smallest absolute Gasteiger partial charge is 0.124 e. The van der Waals surface area contributed by atoms with Gasteiger partial charge in [-0.2, -0.15) is 0 Å². The van der Waals surface area contributed by atoms with Crippen LogP contribution in [0.4, 0.5) is 0 Å². The van der Waals surface area contributed by atoms with Crippen LogP contribution < -0.4 is 10.1 Å². The zero-order valence-electron chi connectivity index (χ0n) is 9.63. The van der Waals surface area contributed by atoms with Crippen molar-refractivity contribution in [3.8, 4) is 5.75 Å². The lowest BCUT2D eigenvalue weighted by molar-refractivity contribution is 0.307. The molecule has 0 bridgehead atoms. The van der Waals surface area contributed by atoms with Crippen LogP contribution in [0.3, 0.4) is 0 Å². The van der Waals surface area contributed by atoms with E-state index in [9.17, 15) is 0 Å². The Morgan fingerprint density at radius 1 is 1.18 bits per heavy atom. The van der Waals surface area contributed by atoms with E-state index in [0.717, 1.165) is 37.6 Å². The fraction of sp³-hybridized carbons (Fsp3) is 0.308. The monoisotopic (exact) mass is 232 g/mol. The molecule has 1 aromatic carbocycles. The molecule has 0 aliphatic heterocycles. The second-order valence-electron chi connectivity index (χ2n) is 3.68. The van der Waals surface area contributed by atoms with E-state index in [1.807, 2.05) is 36.4 Å². The first-order valence-electron chi connectivity index (χ1n) is 5.73. The third-order valence-corrected chi connectivity index (χ3v) is 2.31. The summed E-state index contributed by atoms with van der Waals surface area (Å²) in [5.41, 5.74) is 0.925. The van der Waals surface area contributed by atoms with Crippen LogP contribution in [0.2, 0.25) is 0 Å². The van der Waals surface area contributed by atoms with Crippen molar-refractivity contribution >= 4 is 0 Å². The summed E-state index contributed by atoms with van der Waals surface area (Å²) in [5.74, 6) is 0.920. The highest BCUT2D eigenvalue weighted by atomic mass is 16.5. The van der Waals surface area contributed by atoms with E-state index in [4.69, 9.17) is 9.26 Å². The highest BCUT2D eigenvalue weighted by Gasteiger charge is 1.95. The Morgan fingerprint density at radius 2 is 2.06 bits per heavy atom. The maximum absolute atomic E-state index is 5.57. The van der Waals surface area contributed by atoms with E-state index in [1.165, 1.54) is 0 Å². The molecule has 0 fully saturated rings. The Hall–Kier alpha value is -1.81. The molecule has 4 heteroatoms. The van der Waals surface area contributed by atoms with Crippen LogP contribution in [0.25, 0.3) is 0 Å². The summed E-state index contributed by atoms with van der Waals surface area (Å²) in [6, 6.07) is 11.7. The quantitative estimate of drug-likeness (QED) is 0.744. The summed E-state index contributed by atoms with van der Waals surface area (Å²) in [6.07, 6.45) is 2.54. The molecular weight excluding hydrogens is 216 g/mol. The summed E-state index contributed by atoms with van der Waals surface area (Å²) in [6.45, 7) is 2.36. The summed E-state index contributed by atoms with van der Waals surface area (Å²) < 4.78 is 10.3. The second kappa shape index (κ2) is 6.70. The molecule has 0 unspecified atom stereocenters. The van der Waals surface area contributed by atoms with Crippen molar-refractivity contribution in [3.05, 3.63) is 48.4 Å². The van der Waals surface area contributed by atoms with Gasteiger partial charge >= 0.3 is 0 Å². The molecule has 1 N–H and O–H groups in total. The Bertz CT molecular complexity index is 401. The highest BCUT2D eigenvalue weighted by Crippen LogP contribution is 2.07. The van der Waals surface area contributed by atoms with Gasteiger partial charge in [-0.3, -0.25) is 0 Å². The molecule has 0 aliphatic carbocycles. The maximum atomic E-state index is 5.57. The van der Waals surface area contributed by atoms with E-state index in [0.29, 0.717) is 0 Å². The van der Waals surface area contributed by atoms with Gasteiger partial charge in [-0.05, 0) is 25.1 Å². The van der Waals surface area contributed by atoms with Crippen molar-refractivity contribution in [2.75, 3.05) is 13.2 Å². The molecule has 0 radical (unpaired) electrons. The standard InChI is InChI=1S/C13H16N2O2/c1-2-5-13(6-3-1)16-9-4-8-14-11-12-7-10-17-15-12/h1-3,5-7,10,14H,4,8-9,11H2. The van der Waals surface area contributed by atoms with Crippen molar-refractivity contribution in [3.63, 3.8) is 0 Å². The van der Waals surface area contributed by atoms with E-state index in [-0.39, 0.29) is 0 Å². The Morgan fingerprint density at radius 3 is 2.82 bits per heavy atom. The minimum atomic E-state index is 0.718. The molecule has 17 heavy (non-hydrogen) atoms. The predicted octanol–water partition coefficient (Wildman–Crippen LogP) is 2.23. The normalized spacial score (nSPS) is 10.4. The zero-order valence-corrected chi connectivity index (χ0v) is 9.63. The molecule has 90 valence electrons. The lowest BCUT2D eigenvalue weighted by atomic mass is 10.3. The van der Waals surface area contributed by atoms with Crippen LogP contribution in [-0.4, -0.2) is 18.3 Å². The van der Waals surface area contributed by atoms with E-state index in [2.05, 4.69) is 10.5 Å². The van der Waals surface area contributed by atoms with Crippen molar-refractivity contribution in [2.24, 2.45) is 0 Å². The van der Waals surface area contributed by atoms with Gasteiger partial charge in [0, 0.05) is 12.6 Å². The molecule has 2 aromatic rings. The Labute approximate surface area is 101 Å². The third kappa shape index (κ3) is 4.28. The minimum absolute atomic E-state index is 0.718. The molecule has 4 nitrogen and oxygen atoms in total. The Kier molecular flexibility index (Phi) is 4.60. The van der Waals surface area contributed by atoms with E-state index >= 15 is 0 Å². The first-order valence-corrected chi connectivity index (χ1v) is 5.73. The average molecular weight is 232 g/mol.